The number of hydrogen-bond donors (Lipinski definition) is 1. The molecule has 2 aliphatic rings. The van der Waals surface area contributed by atoms with Crippen LogP contribution in [0.5, 0.6) is 0 Å². The van der Waals surface area contributed by atoms with Crippen molar-refractivity contribution in [1.29, 1.82) is 0 Å². The first kappa shape index (κ1) is 14.3. The first-order valence-corrected chi connectivity index (χ1v) is 8.79. The fourth-order valence-corrected chi connectivity index (χ4v) is 4.49. The average Bonchev–Trinajstić information content (AvgIpc) is 2.61. The van der Waals surface area contributed by atoms with E-state index in [4.69, 9.17) is 0 Å². The van der Waals surface area contributed by atoms with E-state index < -0.39 is 10.2 Å². The molecule has 1 saturated heterocycles. The molecule has 1 saturated carbocycles. The molecule has 0 atom stereocenters. The van der Waals surface area contributed by atoms with Gasteiger partial charge in [0.25, 0.3) is 10.2 Å². The summed E-state index contributed by atoms with van der Waals surface area (Å²) in [5.41, 5.74) is 0. The maximum atomic E-state index is 12.3. The topological polar surface area (TPSA) is 49.4 Å². The molecule has 1 N–H and O–H groups in total. The molecule has 2 rings (SSSR count). The summed E-state index contributed by atoms with van der Waals surface area (Å²) in [6.45, 7) is 3.64. The van der Waals surface area contributed by atoms with Crippen LogP contribution in [0.15, 0.2) is 0 Å². The van der Waals surface area contributed by atoms with Crippen LogP contribution in [0.4, 0.5) is 0 Å². The van der Waals surface area contributed by atoms with Crippen LogP contribution in [0.2, 0.25) is 0 Å². The molecule has 0 spiro atoms. The Labute approximate surface area is 111 Å². The second-order valence-corrected chi connectivity index (χ2v) is 7.60. The van der Waals surface area contributed by atoms with Crippen LogP contribution in [-0.4, -0.2) is 31.9 Å². The summed E-state index contributed by atoms with van der Waals surface area (Å²) in [4.78, 5) is 0. The van der Waals surface area contributed by atoms with Crippen LogP contribution in [0, 0.1) is 5.92 Å². The van der Waals surface area contributed by atoms with E-state index in [0.717, 1.165) is 57.3 Å². The second kappa shape index (κ2) is 6.35. The lowest BCUT2D eigenvalue weighted by molar-refractivity contribution is 0.322. The second-order valence-electron chi connectivity index (χ2n) is 5.89. The molecule has 0 radical (unpaired) electrons. The molecule has 0 aromatic rings. The van der Waals surface area contributed by atoms with E-state index in [-0.39, 0.29) is 6.04 Å². The van der Waals surface area contributed by atoms with Gasteiger partial charge in [0.2, 0.25) is 0 Å². The maximum Gasteiger partial charge on any atom is 0.279 e. The zero-order valence-electron chi connectivity index (χ0n) is 11.4. The summed E-state index contributed by atoms with van der Waals surface area (Å²) in [6, 6.07) is 0.162. The van der Waals surface area contributed by atoms with Crippen molar-refractivity contribution >= 4 is 10.2 Å². The van der Waals surface area contributed by atoms with Crippen LogP contribution in [0.1, 0.15) is 58.3 Å². The molecule has 0 unspecified atom stereocenters. The molecular weight excluding hydrogens is 248 g/mol. The molecule has 1 heterocycles. The smallest absolute Gasteiger partial charge is 0.199 e. The molecule has 18 heavy (non-hydrogen) atoms. The molecule has 106 valence electrons. The van der Waals surface area contributed by atoms with Gasteiger partial charge in [0.05, 0.1) is 0 Å². The Morgan fingerprint density at radius 2 is 1.50 bits per heavy atom. The molecule has 5 heteroatoms. The highest BCUT2D eigenvalue weighted by atomic mass is 32.2. The molecule has 0 aromatic heterocycles. The van der Waals surface area contributed by atoms with Crippen molar-refractivity contribution in [2.75, 3.05) is 13.1 Å². The van der Waals surface area contributed by atoms with E-state index >= 15 is 0 Å². The average molecular weight is 274 g/mol. The summed E-state index contributed by atoms with van der Waals surface area (Å²) in [6.07, 6.45) is 8.61. The lowest BCUT2D eigenvalue weighted by Crippen LogP contribution is -2.46. The summed E-state index contributed by atoms with van der Waals surface area (Å²) < 4.78 is 29.2. The third-order valence-corrected chi connectivity index (χ3v) is 5.91. The predicted octanol–water partition coefficient (Wildman–Crippen LogP) is 2.28. The normalized spacial score (nSPS) is 32.1. The van der Waals surface area contributed by atoms with E-state index in [9.17, 15) is 8.42 Å². The Balaban J connectivity index is 1.89. The zero-order valence-corrected chi connectivity index (χ0v) is 12.2. The van der Waals surface area contributed by atoms with Gasteiger partial charge in [-0.2, -0.15) is 17.4 Å². The predicted molar refractivity (Wildman–Crippen MR) is 73.5 cm³/mol. The Hall–Kier alpha value is -0.130. The van der Waals surface area contributed by atoms with Crippen molar-refractivity contribution in [3.63, 3.8) is 0 Å². The monoisotopic (exact) mass is 274 g/mol. The van der Waals surface area contributed by atoms with Gasteiger partial charge in [0.15, 0.2) is 0 Å². The number of hydrogen-bond acceptors (Lipinski definition) is 2. The standard InChI is InChI=1S/C13H26N2O2S/c1-12-6-8-13(9-7-12)14-18(16,17)15-10-4-2-3-5-11-15/h12-14H,2-11H2,1H3. The van der Waals surface area contributed by atoms with Gasteiger partial charge in [-0.1, -0.05) is 19.8 Å². The third-order valence-electron chi connectivity index (χ3n) is 4.24. The van der Waals surface area contributed by atoms with Crippen molar-refractivity contribution in [3.8, 4) is 0 Å². The van der Waals surface area contributed by atoms with Gasteiger partial charge < -0.3 is 0 Å². The highest BCUT2D eigenvalue weighted by Crippen LogP contribution is 2.24. The quantitative estimate of drug-likeness (QED) is 0.858. The molecule has 1 aliphatic heterocycles. The fourth-order valence-electron chi connectivity index (χ4n) is 2.95. The van der Waals surface area contributed by atoms with E-state index in [1.807, 2.05) is 0 Å². The van der Waals surface area contributed by atoms with Gasteiger partial charge in [0.1, 0.15) is 0 Å². The Bertz CT molecular complexity index is 340. The molecule has 0 bridgehead atoms. The number of rotatable bonds is 3. The lowest BCUT2D eigenvalue weighted by atomic mass is 9.88. The van der Waals surface area contributed by atoms with E-state index in [1.165, 1.54) is 0 Å². The van der Waals surface area contributed by atoms with Crippen LogP contribution in [-0.2, 0) is 10.2 Å². The Morgan fingerprint density at radius 3 is 2.06 bits per heavy atom. The van der Waals surface area contributed by atoms with Crippen LogP contribution >= 0.6 is 0 Å². The molecule has 4 nitrogen and oxygen atoms in total. The number of nitrogens with one attached hydrogen (secondary N) is 1. The summed E-state index contributed by atoms with van der Waals surface area (Å²) >= 11 is 0. The van der Waals surface area contributed by atoms with Crippen LogP contribution in [0.25, 0.3) is 0 Å². The lowest BCUT2D eigenvalue weighted by Gasteiger charge is -2.29. The zero-order chi connectivity index (χ0) is 13.0. The van der Waals surface area contributed by atoms with Gasteiger partial charge in [0, 0.05) is 19.1 Å². The summed E-state index contributed by atoms with van der Waals surface area (Å²) in [5, 5.41) is 0. The summed E-state index contributed by atoms with van der Waals surface area (Å²) in [7, 11) is -3.24. The van der Waals surface area contributed by atoms with E-state index in [1.54, 1.807) is 4.31 Å². The largest absolute Gasteiger partial charge is 0.279 e. The van der Waals surface area contributed by atoms with Gasteiger partial charge >= 0.3 is 0 Å². The van der Waals surface area contributed by atoms with Crippen molar-refractivity contribution < 1.29 is 8.42 Å². The summed E-state index contributed by atoms with van der Waals surface area (Å²) in [5.74, 6) is 0.754. The van der Waals surface area contributed by atoms with Gasteiger partial charge in [-0.05, 0) is 44.4 Å². The van der Waals surface area contributed by atoms with Gasteiger partial charge in [-0.3, -0.25) is 0 Å². The highest BCUT2D eigenvalue weighted by Gasteiger charge is 2.27. The van der Waals surface area contributed by atoms with Crippen molar-refractivity contribution in [3.05, 3.63) is 0 Å². The third kappa shape index (κ3) is 3.93. The van der Waals surface area contributed by atoms with E-state index in [2.05, 4.69) is 11.6 Å². The molecule has 1 aliphatic carbocycles. The Morgan fingerprint density at radius 1 is 0.944 bits per heavy atom. The maximum absolute atomic E-state index is 12.3. The van der Waals surface area contributed by atoms with Crippen molar-refractivity contribution in [1.82, 2.24) is 9.03 Å². The van der Waals surface area contributed by atoms with Gasteiger partial charge in [-0.25, -0.2) is 0 Å². The van der Waals surface area contributed by atoms with E-state index in [0.29, 0.717) is 13.1 Å². The Kier molecular flexibility index (Phi) is 5.04. The minimum atomic E-state index is -3.24. The highest BCUT2D eigenvalue weighted by molar-refractivity contribution is 7.87. The molecular formula is C13H26N2O2S. The molecule has 2 fully saturated rings. The first-order valence-electron chi connectivity index (χ1n) is 7.35. The molecule has 0 amide bonds. The molecule has 0 aromatic carbocycles. The van der Waals surface area contributed by atoms with Crippen molar-refractivity contribution in [2.24, 2.45) is 5.92 Å². The SMILES string of the molecule is CC1CCC(NS(=O)(=O)N2CCCCCC2)CC1. The van der Waals surface area contributed by atoms with Crippen molar-refractivity contribution in [2.45, 2.75) is 64.3 Å². The minimum Gasteiger partial charge on any atom is -0.199 e. The van der Waals surface area contributed by atoms with Gasteiger partial charge in [-0.15, -0.1) is 0 Å². The first-order chi connectivity index (χ1) is 8.58. The minimum absolute atomic E-state index is 0.162. The van der Waals surface area contributed by atoms with Crippen LogP contribution in [0.3, 0.4) is 0 Å². The fraction of sp³-hybridized carbons (Fsp3) is 1.00. The number of nitrogens with zero attached hydrogens (tertiary/aromatic N) is 1. The van der Waals surface area contributed by atoms with Crippen LogP contribution < -0.4 is 4.72 Å².